The van der Waals surface area contributed by atoms with Gasteiger partial charge >= 0.3 is 0 Å². The molecule has 5 nitrogen and oxygen atoms in total. The summed E-state index contributed by atoms with van der Waals surface area (Å²) in [5.41, 5.74) is 0.430. The first kappa shape index (κ1) is 13.8. The molecule has 0 amide bonds. The number of rotatable bonds is 3. The third kappa shape index (κ3) is 2.10. The van der Waals surface area contributed by atoms with Gasteiger partial charge in [0.2, 0.25) is 10.0 Å². The summed E-state index contributed by atoms with van der Waals surface area (Å²) in [7, 11) is -3.55. The lowest BCUT2D eigenvalue weighted by molar-refractivity contribution is 0.385. The summed E-state index contributed by atoms with van der Waals surface area (Å²) >= 11 is 1.60. The Bertz CT molecular complexity index is 685. The Morgan fingerprint density at radius 1 is 1.45 bits per heavy atom. The lowest BCUT2D eigenvalue weighted by atomic mass is 10.2. The lowest BCUT2D eigenvalue weighted by Crippen LogP contribution is -2.31. The first-order valence-electron chi connectivity index (χ1n) is 6.50. The summed E-state index contributed by atoms with van der Waals surface area (Å²) in [6.07, 6.45) is 1.74. The van der Waals surface area contributed by atoms with Gasteiger partial charge in [-0.1, -0.05) is 11.2 Å². The zero-order valence-electron chi connectivity index (χ0n) is 11.4. The Balaban J connectivity index is 2.03. The highest BCUT2D eigenvalue weighted by molar-refractivity contribution is 7.89. The van der Waals surface area contributed by atoms with Crippen molar-refractivity contribution in [3.63, 3.8) is 0 Å². The molecule has 1 aliphatic rings. The van der Waals surface area contributed by atoms with E-state index in [0.29, 0.717) is 18.0 Å². The van der Waals surface area contributed by atoms with E-state index in [2.05, 4.69) is 5.16 Å². The van der Waals surface area contributed by atoms with Crippen molar-refractivity contribution < 1.29 is 12.9 Å². The Morgan fingerprint density at radius 2 is 2.25 bits per heavy atom. The van der Waals surface area contributed by atoms with Crippen molar-refractivity contribution in [2.24, 2.45) is 0 Å². The van der Waals surface area contributed by atoms with Crippen LogP contribution in [0.4, 0.5) is 0 Å². The summed E-state index contributed by atoms with van der Waals surface area (Å²) in [4.78, 5) is 1.32. The molecule has 1 aliphatic heterocycles. The molecule has 0 spiro atoms. The van der Waals surface area contributed by atoms with Crippen molar-refractivity contribution in [2.75, 3.05) is 6.54 Å². The average Bonchev–Trinajstić information content (AvgIpc) is 3.08. The predicted molar refractivity (Wildman–Crippen MR) is 76.2 cm³/mol. The molecule has 1 atom stereocenters. The van der Waals surface area contributed by atoms with Gasteiger partial charge in [-0.15, -0.1) is 11.3 Å². The zero-order valence-corrected chi connectivity index (χ0v) is 13.0. The van der Waals surface area contributed by atoms with Gasteiger partial charge in [0.25, 0.3) is 0 Å². The number of aryl methyl sites for hydroxylation is 2. The number of nitrogens with zero attached hydrogens (tertiary/aromatic N) is 2. The number of hydrogen-bond acceptors (Lipinski definition) is 5. The molecule has 108 valence electrons. The number of aromatic nitrogens is 1. The molecule has 0 bridgehead atoms. The molecule has 3 rings (SSSR count). The third-order valence-electron chi connectivity index (χ3n) is 3.61. The molecule has 0 saturated carbocycles. The Morgan fingerprint density at radius 3 is 2.85 bits per heavy atom. The van der Waals surface area contributed by atoms with Crippen molar-refractivity contribution in [3.8, 4) is 0 Å². The highest BCUT2D eigenvalue weighted by Crippen LogP contribution is 2.39. The fourth-order valence-corrected chi connectivity index (χ4v) is 5.66. The van der Waals surface area contributed by atoms with Crippen molar-refractivity contribution >= 4 is 21.4 Å². The van der Waals surface area contributed by atoms with Gasteiger partial charge in [-0.25, -0.2) is 8.42 Å². The summed E-state index contributed by atoms with van der Waals surface area (Å²) < 4.78 is 32.3. The molecule has 1 fully saturated rings. The minimum Gasteiger partial charge on any atom is -0.360 e. The van der Waals surface area contributed by atoms with Crippen LogP contribution in [0.25, 0.3) is 0 Å². The van der Waals surface area contributed by atoms with E-state index in [0.717, 1.165) is 17.7 Å². The van der Waals surface area contributed by atoms with Crippen LogP contribution < -0.4 is 0 Å². The molecule has 3 heterocycles. The highest BCUT2D eigenvalue weighted by Gasteiger charge is 2.39. The predicted octanol–water partition coefficient (Wildman–Crippen LogP) is 2.88. The molecular weight excluding hydrogens is 296 g/mol. The van der Waals surface area contributed by atoms with E-state index in [1.54, 1.807) is 29.5 Å². The molecule has 2 aromatic rings. The topological polar surface area (TPSA) is 63.4 Å². The Kier molecular flexibility index (Phi) is 3.43. The van der Waals surface area contributed by atoms with Crippen LogP contribution >= 0.6 is 11.3 Å². The van der Waals surface area contributed by atoms with Crippen molar-refractivity contribution in [1.82, 2.24) is 9.46 Å². The van der Waals surface area contributed by atoms with Crippen LogP contribution in [0.15, 0.2) is 26.9 Å². The van der Waals surface area contributed by atoms with Crippen molar-refractivity contribution in [1.29, 1.82) is 0 Å². The largest absolute Gasteiger partial charge is 0.360 e. The SMILES string of the molecule is Cc1noc(C)c1S(=O)(=O)N1CCC[C@@H]1c1cccs1. The fraction of sp³-hybridized carbons (Fsp3) is 0.462. The van der Waals surface area contributed by atoms with Gasteiger partial charge in [0, 0.05) is 11.4 Å². The Hall–Kier alpha value is -1.18. The lowest BCUT2D eigenvalue weighted by Gasteiger charge is -2.23. The highest BCUT2D eigenvalue weighted by atomic mass is 32.2. The molecule has 7 heteroatoms. The van der Waals surface area contributed by atoms with Crippen LogP contribution in [0.1, 0.15) is 35.2 Å². The molecule has 2 aromatic heterocycles. The molecule has 0 radical (unpaired) electrons. The second kappa shape index (κ2) is 4.98. The van der Waals surface area contributed by atoms with E-state index in [1.165, 1.54) is 0 Å². The maximum absolute atomic E-state index is 12.9. The maximum atomic E-state index is 12.9. The van der Waals surface area contributed by atoms with Gasteiger partial charge in [0.15, 0.2) is 5.76 Å². The van der Waals surface area contributed by atoms with E-state index < -0.39 is 10.0 Å². The average molecular weight is 312 g/mol. The van der Waals surface area contributed by atoms with Crippen molar-refractivity contribution in [2.45, 2.75) is 37.6 Å². The first-order chi connectivity index (χ1) is 9.51. The second-order valence-electron chi connectivity index (χ2n) is 4.94. The first-order valence-corrected chi connectivity index (χ1v) is 8.82. The van der Waals surface area contributed by atoms with Crippen LogP contribution in [0, 0.1) is 13.8 Å². The molecule has 0 unspecified atom stereocenters. The monoisotopic (exact) mass is 312 g/mol. The summed E-state index contributed by atoms with van der Waals surface area (Å²) in [5.74, 6) is 0.360. The molecule has 20 heavy (non-hydrogen) atoms. The minimum absolute atomic E-state index is 0.0614. The summed E-state index contributed by atoms with van der Waals surface area (Å²) in [6.45, 7) is 3.86. The van der Waals surface area contributed by atoms with Gasteiger partial charge < -0.3 is 4.52 Å². The molecule has 0 N–H and O–H groups in total. The molecular formula is C13H16N2O3S2. The van der Waals surface area contributed by atoms with Crippen LogP contribution in [0.2, 0.25) is 0 Å². The van der Waals surface area contributed by atoms with Gasteiger partial charge in [-0.3, -0.25) is 0 Å². The van der Waals surface area contributed by atoms with Crippen molar-refractivity contribution in [3.05, 3.63) is 33.8 Å². The van der Waals surface area contributed by atoms with Crippen LogP contribution in [-0.4, -0.2) is 24.4 Å². The second-order valence-corrected chi connectivity index (χ2v) is 7.75. The molecule has 0 aromatic carbocycles. The zero-order chi connectivity index (χ0) is 14.3. The number of thiophene rings is 1. The van der Waals surface area contributed by atoms with E-state index in [4.69, 9.17) is 4.52 Å². The van der Waals surface area contributed by atoms with E-state index in [-0.39, 0.29) is 10.9 Å². The molecule has 1 saturated heterocycles. The van der Waals surface area contributed by atoms with Gasteiger partial charge in [0.05, 0.1) is 6.04 Å². The standard InChI is InChI=1S/C13H16N2O3S2/c1-9-13(10(2)18-14-9)20(16,17)15-7-3-5-11(15)12-6-4-8-19-12/h4,6,8,11H,3,5,7H2,1-2H3/t11-/m1/s1. The smallest absolute Gasteiger partial charge is 0.249 e. The molecule has 0 aliphatic carbocycles. The van der Waals surface area contributed by atoms with Crippen LogP contribution in [0.3, 0.4) is 0 Å². The normalized spacial score (nSPS) is 20.6. The minimum atomic E-state index is -3.55. The summed E-state index contributed by atoms with van der Waals surface area (Å²) in [6, 6.07) is 3.89. The third-order valence-corrected chi connectivity index (χ3v) is 6.74. The Labute approximate surface area is 122 Å². The summed E-state index contributed by atoms with van der Waals surface area (Å²) in [5, 5.41) is 5.74. The number of sulfonamides is 1. The quantitative estimate of drug-likeness (QED) is 0.874. The van der Waals surface area contributed by atoms with Gasteiger partial charge in [0.1, 0.15) is 10.6 Å². The van der Waals surface area contributed by atoms with Gasteiger partial charge in [-0.05, 0) is 38.1 Å². The van der Waals surface area contributed by atoms with E-state index in [1.807, 2.05) is 17.5 Å². The fourth-order valence-electron chi connectivity index (χ4n) is 2.75. The van der Waals surface area contributed by atoms with E-state index >= 15 is 0 Å². The number of hydrogen-bond donors (Lipinski definition) is 0. The van der Waals surface area contributed by atoms with Gasteiger partial charge in [-0.2, -0.15) is 4.31 Å². The van der Waals surface area contributed by atoms with E-state index in [9.17, 15) is 8.42 Å². The maximum Gasteiger partial charge on any atom is 0.249 e. The van der Waals surface area contributed by atoms with Crippen LogP contribution in [-0.2, 0) is 10.0 Å². The van der Waals surface area contributed by atoms with Crippen LogP contribution in [0.5, 0.6) is 0 Å².